The number of aliphatic hydroxyl groups excluding tert-OH is 1. The second-order valence-electron chi connectivity index (χ2n) is 4.34. The van der Waals surface area contributed by atoms with E-state index in [1.165, 1.54) is 25.7 Å². The Hall–Kier alpha value is -0.570. The lowest BCUT2D eigenvalue weighted by molar-refractivity contribution is -0.121. The maximum Gasteiger partial charge on any atom is 0.220 e. The first-order valence-electron chi connectivity index (χ1n) is 5.63. The molecule has 3 nitrogen and oxygen atoms in total. The van der Waals surface area contributed by atoms with Crippen LogP contribution in [0.1, 0.15) is 45.4 Å². The van der Waals surface area contributed by atoms with Crippen LogP contribution >= 0.6 is 0 Å². The zero-order chi connectivity index (χ0) is 10.4. The highest BCUT2D eigenvalue weighted by atomic mass is 16.3. The van der Waals surface area contributed by atoms with Crippen LogP contribution in [0.2, 0.25) is 0 Å². The van der Waals surface area contributed by atoms with Gasteiger partial charge in [0.15, 0.2) is 0 Å². The molecule has 0 aromatic rings. The molecule has 0 aliphatic heterocycles. The molecule has 0 aromatic heterocycles. The van der Waals surface area contributed by atoms with Crippen molar-refractivity contribution in [3.8, 4) is 0 Å². The fourth-order valence-corrected chi connectivity index (χ4v) is 1.98. The average Bonchev–Trinajstić information content (AvgIpc) is 2.63. The summed E-state index contributed by atoms with van der Waals surface area (Å²) in [5, 5.41) is 11.7. The summed E-state index contributed by atoms with van der Waals surface area (Å²) in [6.45, 7) is 2.06. The first-order chi connectivity index (χ1) is 6.68. The zero-order valence-electron chi connectivity index (χ0n) is 8.96. The molecule has 0 saturated heterocycles. The molecule has 1 saturated carbocycles. The second kappa shape index (κ2) is 6.02. The fourth-order valence-electron chi connectivity index (χ4n) is 1.98. The Morgan fingerprint density at radius 1 is 1.50 bits per heavy atom. The zero-order valence-corrected chi connectivity index (χ0v) is 8.96. The van der Waals surface area contributed by atoms with E-state index in [1.807, 2.05) is 0 Å². The van der Waals surface area contributed by atoms with E-state index < -0.39 is 6.10 Å². The molecule has 1 fully saturated rings. The Labute approximate surface area is 85.9 Å². The second-order valence-corrected chi connectivity index (χ2v) is 4.34. The average molecular weight is 199 g/mol. The quantitative estimate of drug-likeness (QED) is 0.704. The molecule has 0 unspecified atom stereocenters. The molecule has 82 valence electrons. The van der Waals surface area contributed by atoms with Gasteiger partial charge in [0.25, 0.3) is 0 Å². The first kappa shape index (κ1) is 11.5. The van der Waals surface area contributed by atoms with Gasteiger partial charge in [-0.3, -0.25) is 4.79 Å². The van der Waals surface area contributed by atoms with Crippen LogP contribution in [0, 0.1) is 5.92 Å². The maximum absolute atomic E-state index is 11.3. The summed E-state index contributed by atoms with van der Waals surface area (Å²) < 4.78 is 0. The predicted octanol–water partition coefficient (Wildman–Crippen LogP) is 1.45. The van der Waals surface area contributed by atoms with E-state index in [2.05, 4.69) is 5.32 Å². The number of hydrogen-bond acceptors (Lipinski definition) is 2. The summed E-state index contributed by atoms with van der Waals surface area (Å²) >= 11 is 0. The van der Waals surface area contributed by atoms with Gasteiger partial charge in [-0.05, 0) is 19.3 Å². The minimum absolute atomic E-state index is 0.0813. The van der Waals surface area contributed by atoms with Gasteiger partial charge in [0.05, 0.1) is 6.10 Å². The Kier molecular flexibility index (Phi) is 4.94. The Morgan fingerprint density at radius 2 is 2.14 bits per heavy atom. The van der Waals surface area contributed by atoms with Crippen molar-refractivity contribution in [2.75, 3.05) is 6.54 Å². The van der Waals surface area contributed by atoms with Gasteiger partial charge in [-0.25, -0.2) is 0 Å². The number of carbonyl (C=O) groups excluding carboxylic acids is 1. The van der Waals surface area contributed by atoms with E-state index in [0.717, 1.165) is 12.3 Å². The molecular weight excluding hydrogens is 178 g/mol. The van der Waals surface area contributed by atoms with Crippen molar-refractivity contribution in [3.63, 3.8) is 0 Å². The summed E-state index contributed by atoms with van der Waals surface area (Å²) in [6, 6.07) is 0. The van der Waals surface area contributed by atoms with E-state index in [9.17, 15) is 4.79 Å². The van der Waals surface area contributed by atoms with Gasteiger partial charge >= 0.3 is 0 Å². The highest BCUT2D eigenvalue weighted by Crippen LogP contribution is 2.28. The molecule has 2 N–H and O–H groups in total. The molecule has 1 rings (SSSR count). The summed E-state index contributed by atoms with van der Waals surface area (Å²) in [7, 11) is 0. The molecule has 0 aromatic carbocycles. The number of nitrogens with one attached hydrogen (secondary N) is 1. The standard InChI is InChI=1S/C11H21NO2/c1-9(13)8-12-11(14)7-6-10-4-2-3-5-10/h9-10,13H,2-8H2,1H3,(H,12,14)/t9-/m0/s1. The molecule has 0 heterocycles. The Bertz CT molecular complexity index is 174. The van der Waals surface area contributed by atoms with Crippen LogP contribution in [0.25, 0.3) is 0 Å². The van der Waals surface area contributed by atoms with Crippen molar-refractivity contribution in [1.29, 1.82) is 0 Å². The monoisotopic (exact) mass is 199 g/mol. The predicted molar refractivity (Wildman–Crippen MR) is 55.9 cm³/mol. The van der Waals surface area contributed by atoms with E-state index in [-0.39, 0.29) is 5.91 Å². The third-order valence-corrected chi connectivity index (χ3v) is 2.85. The van der Waals surface area contributed by atoms with Crippen molar-refractivity contribution in [1.82, 2.24) is 5.32 Å². The minimum Gasteiger partial charge on any atom is -0.392 e. The molecule has 1 atom stereocenters. The SMILES string of the molecule is C[C@H](O)CNC(=O)CCC1CCCC1. The van der Waals surface area contributed by atoms with E-state index >= 15 is 0 Å². The van der Waals surface area contributed by atoms with Crippen molar-refractivity contribution in [2.45, 2.75) is 51.6 Å². The Balaban J connectivity index is 2.02. The maximum atomic E-state index is 11.3. The normalized spacial score (nSPS) is 19.6. The summed E-state index contributed by atoms with van der Waals surface area (Å²) in [4.78, 5) is 11.3. The molecule has 3 heteroatoms. The van der Waals surface area contributed by atoms with Crippen LogP contribution in [0.15, 0.2) is 0 Å². The fraction of sp³-hybridized carbons (Fsp3) is 0.909. The lowest BCUT2D eigenvalue weighted by Gasteiger charge is -2.09. The first-order valence-corrected chi connectivity index (χ1v) is 5.63. The van der Waals surface area contributed by atoms with Crippen molar-refractivity contribution >= 4 is 5.91 Å². The number of carbonyl (C=O) groups is 1. The van der Waals surface area contributed by atoms with Crippen LogP contribution < -0.4 is 5.32 Å². The molecule has 0 radical (unpaired) electrons. The van der Waals surface area contributed by atoms with Crippen LogP contribution in [0.4, 0.5) is 0 Å². The van der Waals surface area contributed by atoms with Crippen LogP contribution in [0.5, 0.6) is 0 Å². The lowest BCUT2D eigenvalue weighted by atomic mass is 10.0. The topological polar surface area (TPSA) is 49.3 Å². The van der Waals surface area contributed by atoms with Gasteiger partial charge in [0.2, 0.25) is 5.91 Å². The number of aliphatic hydroxyl groups is 1. The largest absolute Gasteiger partial charge is 0.392 e. The number of hydrogen-bond donors (Lipinski definition) is 2. The van der Waals surface area contributed by atoms with Gasteiger partial charge in [0, 0.05) is 13.0 Å². The minimum atomic E-state index is -0.439. The molecule has 0 spiro atoms. The van der Waals surface area contributed by atoms with Crippen LogP contribution in [-0.4, -0.2) is 23.7 Å². The van der Waals surface area contributed by atoms with Crippen LogP contribution in [0.3, 0.4) is 0 Å². The summed E-state index contributed by atoms with van der Waals surface area (Å²) in [5.41, 5.74) is 0. The number of rotatable bonds is 5. The number of amides is 1. The molecule has 1 aliphatic rings. The summed E-state index contributed by atoms with van der Waals surface area (Å²) in [6.07, 6.45) is 6.46. The van der Waals surface area contributed by atoms with Crippen molar-refractivity contribution < 1.29 is 9.90 Å². The van der Waals surface area contributed by atoms with Gasteiger partial charge in [0.1, 0.15) is 0 Å². The van der Waals surface area contributed by atoms with Crippen LogP contribution in [-0.2, 0) is 4.79 Å². The van der Waals surface area contributed by atoms with Gasteiger partial charge < -0.3 is 10.4 Å². The highest BCUT2D eigenvalue weighted by molar-refractivity contribution is 5.75. The molecule has 14 heavy (non-hydrogen) atoms. The van der Waals surface area contributed by atoms with E-state index in [4.69, 9.17) is 5.11 Å². The van der Waals surface area contributed by atoms with Gasteiger partial charge in [-0.15, -0.1) is 0 Å². The van der Waals surface area contributed by atoms with Gasteiger partial charge in [-0.2, -0.15) is 0 Å². The smallest absolute Gasteiger partial charge is 0.220 e. The third kappa shape index (κ3) is 4.61. The van der Waals surface area contributed by atoms with Gasteiger partial charge in [-0.1, -0.05) is 25.7 Å². The molecule has 1 aliphatic carbocycles. The van der Waals surface area contributed by atoms with Crippen molar-refractivity contribution in [3.05, 3.63) is 0 Å². The van der Waals surface area contributed by atoms with E-state index in [1.54, 1.807) is 6.92 Å². The lowest BCUT2D eigenvalue weighted by Crippen LogP contribution is -2.30. The molecular formula is C11H21NO2. The molecule has 0 bridgehead atoms. The Morgan fingerprint density at radius 3 is 2.71 bits per heavy atom. The molecule has 1 amide bonds. The highest BCUT2D eigenvalue weighted by Gasteiger charge is 2.15. The van der Waals surface area contributed by atoms with E-state index in [0.29, 0.717) is 13.0 Å². The summed E-state index contributed by atoms with van der Waals surface area (Å²) in [5.74, 6) is 0.852. The third-order valence-electron chi connectivity index (χ3n) is 2.85. The van der Waals surface area contributed by atoms with Crippen molar-refractivity contribution in [2.24, 2.45) is 5.92 Å².